The van der Waals surface area contributed by atoms with E-state index in [1.54, 1.807) is 53.7 Å². The first-order valence-corrected chi connectivity index (χ1v) is 44.4. The van der Waals surface area contributed by atoms with Gasteiger partial charge in [0, 0.05) is 164 Å². The van der Waals surface area contributed by atoms with Crippen molar-refractivity contribution in [3.63, 3.8) is 0 Å². The third-order valence-corrected chi connectivity index (χ3v) is 24.6. The number of hydrogen-bond donors (Lipinski definition) is 3. The van der Waals surface area contributed by atoms with Gasteiger partial charge in [-0.3, -0.25) is 9.80 Å². The number of sulfone groups is 1. The number of alkyl halides is 8. The van der Waals surface area contributed by atoms with Crippen LogP contribution >= 0.6 is 46.9 Å². The van der Waals surface area contributed by atoms with Crippen molar-refractivity contribution in [1.29, 1.82) is 0 Å². The number of thioether (sulfide) groups is 3. The van der Waals surface area contributed by atoms with E-state index in [0.29, 0.717) is 101 Å². The molecule has 4 saturated carbocycles. The molecule has 2 amide bonds. The van der Waals surface area contributed by atoms with Gasteiger partial charge in [0.1, 0.15) is 57.1 Å². The molecule has 0 aromatic carbocycles. The fourth-order valence-corrected chi connectivity index (χ4v) is 17.2. The highest BCUT2D eigenvalue weighted by Gasteiger charge is 2.53. The molecule has 16 rings (SSSR count). The van der Waals surface area contributed by atoms with Gasteiger partial charge in [-0.15, -0.1) is 0 Å². The molecule has 12 fully saturated rings. The number of carbonyl (C=O) groups excluding carboxylic acids is 2. The van der Waals surface area contributed by atoms with Gasteiger partial charge in [-0.1, -0.05) is 46.9 Å². The van der Waals surface area contributed by atoms with Crippen LogP contribution in [0.1, 0.15) is 144 Å². The number of anilines is 7. The fourth-order valence-electron chi connectivity index (χ4n) is 15.3. The molecule has 113 heavy (non-hydrogen) atoms. The molecule has 3 N–H and O–H groups in total. The van der Waals surface area contributed by atoms with Gasteiger partial charge in [0.15, 0.2) is 15.5 Å². The molecule has 4 aromatic rings. The standard InChI is InChI=1S/C21H30F2N4O5S.C21H30F2N4O3S.C16H22F2N4OS.C11H14ClF2N3S.C5H9NO/c1-19(2,3)32-18(28)27(14-5-7-21(22,23)8-6-14)16-9-15(24-17(25-16)33(4,29)30)26-10-20(11-26)12-31-13-20;1-19(2,3)30-18(28)27(14-5-7-21(22,23)8-6-14)16-9-15(24-17(25-16)31-4)26-10-20(11-26)12-29-13-20;1-24-14-20-12(19-11-2-4-16(17,18)5-3-11)6-13(21-14)22-7-15(8-22)9-23-10-15;1-18-10-16-8(12)6-9(17-10)15-7-2-4-11(13,14)5-3-7;1-5(2-6-1)3-7-4-5/h9,14H,5-8,10-13H2,1-4H3;9,14H,5-8,10-13H2,1-4H3;6,11H,2-5,7-10H2,1H3,(H,19,20,21);6-7H,2-5H2,1H3,(H,15,16,17);6H,1-4H2. The second-order valence-electron chi connectivity index (χ2n) is 34.4. The second kappa shape index (κ2) is 34.4. The maximum absolute atomic E-state index is 13.8. The molecular weight excluding hydrogens is 1590 g/mol. The van der Waals surface area contributed by atoms with Crippen LogP contribution < -0.4 is 40.4 Å². The minimum atomic E-state index is -3.80. The monoisotopic (exact) mass is 1690 g/mol. The summed E-state index contributed by atoms with van der Waals surface area (Å²) in [7, 11) is -3.80. The van der Waals surface area contributed by atoms with Gasteiger partial charge in [-0.05, 0) is 112 Å². The average Bonchev–Trinajstić information content (AvgIpc) is 0.747. The van der Waals surface area contributed by atoms with Crippen LogP contribution in [0.2, 0.25) is 5.15 Å². The third-order valence-electron chi connectivity index (χ3n) is 21.9. The first-order chi connectivity index (χ1) is 53.0. The minimum Gasteiger partial charge on any atom is -0.443 e. The van der Waals surface area contributed by atoms with Crippen LogP contribution in [-0.2, 0) is 38.3 Å². The Morgan fingerprint density at radius 2 is 0.796 bits per heavy atom. The van der Waals surface area contributed by atoms with Gasteiger partial charge in [-0.2, -0.15) is 0 Å². The van der Waals surface area contributed by atoms with Crippen molar-refractivity contribution in [2.24, 2.45) is 21.7 Å². The predicted molar refractivity (Wildman–Crippen MR) is 418 cm³/mol. The molecular formula is C74H105ClF8N16O10S4. The maximum atomic E-state index is 13.8. The summed E-state index contributed by atoms with van der Waals surface area (Å²) in [6, 6.07) is 5.98. The van der Waals surface area contributed by atoms with Crippen LogP contribution in [0.3, 0.4) is 0 Å². The minimum absolute atomic E-state index is 0.0327. The van der Waals surface area contributed by atoms with Crippen molar-refractivity contribution >= 4 is 110 Å². The lowest BCUT2D eigenvalue weighted by atomic mass is 9.78. The number of amides is 2. The Bertz CT molecular complexity index is 4050. The lowest BCUT2D eigenvalue weighted by Gasteiger charge is -2.55. The van der Waals surface area contributed by atoms with E-state index in [1.165, 1.54) is 64.2 Å². The van der Waals surface area contributed by atoms with E-state index in [2.05, 4.69) is 65.6 Å². The molecule has 4 aliphatic carbocycles. The Kier molecular flexibility index (Phi) is 26.4. The molecule has 628 valence electrons. The summed E-state index contributed by atoms with van der Waals surface area (Å²) >= 11 is 10.1. The van der Waals surface area contributed by atoms with Gasteiger partial charge in [0.25, 0.3) is 5.16 Å². The van der Waals surface area contributed by atoms with Crippen molar-refractivity contribution in [2.45, 2.75) is 224 Å². The van der Waals surface area contributed by atoms with Crippen LogP contribution in [-0.4, -0.2) is 250 Å². The number of nitrogens with zero attached hydrogens (tertiary/aromatic N) is 13. The SMILES string of the molecule is C1NCC12COC2.CC(C)(C)OC(=O)N(c1cc(N2CC3(COC3)C2)nc(S(C)(=O)=O)n1)C1CCC(F)(F)CC1.CSc1nc(Cl)cc(NC2CCC(F)(F)CC2)n1.CSc1nc(N2CC3(COC3)C2)cc(N(C(=O)OC(C)(C)C)C2CCC(F)(F)CC2)n1.CSc1nc(NC2CCC(F)(F)CC2)cc(N2CC3(COC3)C2)n1. The van der Waals surface area contributed by atoms with E-state index in [-0.39, 0.29) is 106 Å². The van der Waals surface area contributed by atoms with Gasteiger partial charge < -0.3 is 59.1 Å². The quantitative estimate of drug-likeness (QED) is 0.0431. The van der Waals surface area contributed by atoms with E-state index < -0.39 is 74.2 Å². The van der Waals surface area contributed by atoms with E-state index in [9.17, 15) is 53.1 Å². The van der Waals surface area contributed by atoms with Gasteiger partial charge in [0.05, 0.1) is 69.1 Å². The molecule has 12 aliphatic rings. The summed E-state index contributed by atoms with van der Waals surface area (Å²) in [5, 5.41) is 11.5. The van der Waals surface area contributed by atoms with Crippen molar-refractivity contribution < 1.29 is 81.6 Å². The van der Waals surface area contributed by atoms with Crippen LogP contribution in [0.15, 0.2) is 44.9 Å². The second-order valence-corrected chi connectivity index (χ2v) is 39.1. The Morgan fingerprint density at radius 3 is 1.11 bits per heavy atom. The van der Waals surface area contributed by atoms with Crippen LogP contribution in [0.25, 0.3) is 0 Å². The highest BCUT2D eigenvalue weighted by molar-refractivity contribution is 7.98. The number of hydrogen-bond acceptors (Lipinski definition) is 27. The Labute approximate surface area is 673 Å². The molecule has 8 aliphatic heterocycles. The molecule has 4 aromatic heterocycles. The third kappa shape index (κ3) is 22.6. The van der Waals surface area contributed by atoms with Gasteiger partial charge in [-0.25, -0.2) is 93.0 Å². The number of aromatic nitrogens is 8. The molecule has 0 bridgehead atoms. The fraction of sp³-hybridized carbons (Fsp3) is 0.757. The summed E-state index contributed by atoms with van der Waals surface area (Å²) in [5.74, 6) is -6.68. The van der Waals surface area contributed by atoms with E-state index in [1.807, 2.05) is 29.7 Å². The summed E-state index contributed by atoms with van der Waals surface area (Å²) in [6.07, 6.45) is 6.20. The molecule has 4 spiro atoms. The normalized spacial score (nSPS) is 23.4. The Morgan fingerprint density at radius 1 is 0.478 bits per heavy atom. The van der Waals surface area contributed by atoms with Gasteiger partial charge in [0.2, 0.25) is 33.5 Å². The average molecular weight is 1690 g/mol. The summed E-state index contributed by atoms with van der Waals surface area (Å²) in [4.78, 5) is 70.3. The van der Waals surface area contributed by atoms with Gasteiger partial charge >= 0.3 is 12.2 Å². The largest absolute Gasteiger partial charge is 0.443 e. The molecule has 12 heterocycles. The maximum Gasteiger partial charge on any atom is 0.416 e. The highest BCUT2D eigenvalue weighted by atomic mass is 35.5. The van der Waals surface area contributed by atoms with Crippen LogP contribution in [0, 0.1) is 21.7 Å². The first-order valence-electron chi connectivity index (χ1n) is 38.4. The summed E-state index contributed by atoms with van der Waals surface area (Å²) < 4.78 is 165. The topological polar surface area (TPSA) is 279 Å². The van der Waals surface area contributed by atoms with Crippen molar-refractivity contribution in [3.8, 4) is 0 Å². The van der Waals surface area contributed by atoms with E-state index in [4.69, 9.17) is 40.0 Å². The van der Waals surface area contributed by atoms with Crippen LogP contribution in [0.5, 0.6) is 0 Å². The predicted octanol–water partition coefficient (Wildman–Crippen LogP) is 13.9. The Balaban J connectivity index is 0.000000138. The van der Waals surface area contributed by atoms with E-state index in [0.717, 1.165) is 89.5 Å². The molecule has 0 atom stereocenters. The van der Waals surface area contributed by atoms with Crippen molar-refractivity contribution in [1.82, 2.24) is 45.2 Å². The van der Waals surface area contributed by atoms with Crippen molar-refractivity contribution in [3.05, 3.63) is 29.4 Å². The molecule has 26 nitrogen and oxygen atoms in total. The number of nitrogens with one attached hydrogen (secondary N) is 3. The first kappa shape index (κ1) is 86.7. The molecule has 0 unspecified atom stereocenters. The van der Waals surface area contributed by atoms with E-state index >= 15 is 0 Å². The zero-order chi connectivity index (χ0) is 81.4. The van der Waals surface area contributed by atoms with Crippen LogP contribution in [0.4, 0.5) is 85.4 Å². The molecule has 0 radical (unpaired) electrons. The molecule has 8 saturated heterocycles. The number of ether oxygens (including phenoxy) is 6. The highest BCUT2D eigenvalue weighted by Crippen LogP contribution is 2.47. The number of carbonyl (C=O) groups is 2. The zero-order valence-electron chi connectivity index (χ0n) is 65.7. The summed E-state index contributed by atoms with van der Waals surface area (Å²) in [6.45, 7) is 24.2. The number of rotatable bonds is 15. The van der Waals surface area contributed by atoms with Crippen molar-refractivity contribution in [2.75, 3.05) is 165 Å². The molecule has 39 heteroatoms. The lowest BCUT2D eigenvalue weighted by molar-refractivity contribution is -0.139. The lowest BCUT2D eigenvalue weighted by Crippen LogP contribution is -2.66. The number of halogens is 9. The summed E-state index contributed by atoms with van der Waals surface area (Å²) in [5.41, 5.74) is -0.342. The zero-order valence-corrected chi connectivity index (χ0v) is 69.7. The smallest absolute Gasteiger partial charge is 0.416 e. The Hall–Kier alpha value is -5.61.